The molecule has 2 aromatic carbocycles. The summed E-state index contributed by atoms with van der Waals surface area (Å²) in [6.45, 7) is 2.80. The summed E-state index contributed by atoms with van der Waals surface area (Å²) in [6.07, 6.45) is 2.61. The molecule has 0 spiro atoms. The summed E-state index contributed by atoms with van der Waals surface area (Å²) in [6, 6.07) is 8.75. The zero-order valence-electron chi connectivity index (χ0n) is 13.3. The maximum absolute atomic E-state index is 13.2. The molecule has 0 radical (unpaired) electrons. The van der Waals surface area contributed by atoms with Gasteiger partial charge < -0.3 is 9.57 Å². The SMILES string of the molecule is CCON=CCCOc1ccc(Cc2cc(F)cc(F)c2)cc1Cl. The van der Waals surface area contributed by atoms with Crippen molar-refractivity contribution in [2.45, 2.75) is 19.8 Å². The summed E-state index contributed by atoms with van der Waals surface area (Å²) in [4.78, 5) is 4.83. The van der Waals surface area contributed by atoms with Gasteiger partial charge in [0.15, 0.2) is 0 Å². The third kappa shape index (κ3) is 5.81. The molecule has 0 aliphatic carbocycles. The van der Waals surface area contributed by atoms with Crippen molar-refractivity contribution in [3.63, 3.8) is 0 Å². The monoisotopic (exact) mass is 353 g/mol. The van der Waals surface area contributed by atoms with Crippen LogP contribution in [0.5, 0.6) is 5.75 Å². The Balaban J connectivity index is 1.94. The van der Waals surface area contributed by atoms with Crippen molar-refractivity contribution in [2.24, 2.45) is 5.16 Å². The molecule has 2 rings (SSSR count). The van der Waals surface area contributed by atoms with Crippen LogP contribution in [0.15, 0.2) is 41.6 Å². The lowest BCUT2D eigenvalue weighted by molar-refractivity contribution is 0.159. The fourth-order valence-corrected chi connectivity index (χ4v) is 2.38. The molecule has 0 atom stereocenters. The summed E-state index contributed by atoms with van der Waals surface area (Å²) in [5.74, 6) is -0.634. The lowest BCUT2D eigenvalue weighted by Crippen LogP contribution is -1.99. The van der Waals surface area contributed by atoms with Gasteiger partial charge in [0, 0.05) is 18.7 Å². The third-order valence-electron chi connectivity index (χ3n) is 3.11. The van der Waals surface area contributed by atoms with Gasteiger partial charge >= 0.3 is 0 Å². The molecule has 0 N–H and O–H groups in total. The van der Waals surface area contributed by atoms with Crippen molar-refractivity contribution in [1.82, 2.24) is 0 Å². The predicted molar refractivity (Wildman–Crippen MR) is 90.8 cm³/mol. The first-order valence-electron chi connectivity index (χ1n) is 7.58. The number of benzene rings is 2. The minimum Gasteiger partial charge on any atom is -0.492 e. The zero-order valence-corrected chi connectivity index (χ0v) is 14.0. The second-order valence-electron chi connectivity index (χ2n) is 5.06. The van der Waals surface area contributed by atoms with E-state index in [0.29, 0.717) is 42.4 Å². The summed E-state index contributed by atoms with van der Waals surface area (Å²) in [5.41, 5.74) is 1.39. The Kier molecular flexibility index (Phi) is 7.00. The molecular weight excluding hydrogens is 336 g/mol. The van der Waals surface area contributed by atoms with Gasteiger partial charge in [-0.3, -0.25) is 0 Å². The maximum Gasteiger partial charge on any atom is 0.137 e. The minimum atomic E-state index is -0.593. The van der Waals surface area contributed by atoms with Crippen molar-refractivity contribution < 1.29 is 18.4 Å². The van der Waals surface area contributed by atoms with E-state index < -0.39 is 11.6 Å². The molecule has 0 heterocycles. The summed E-state index contributed by atoms with van der Waals surface area (Å²) in [5, 5.41) is 4.17. The van der Waals surface area contributed by atoms with E-state index in [2.05, 4.69) is 5.16 Å². The first-order valence-corrected chi connectivity index (χ1v) is 7.96. The van der Waals surface area contributed by atoms with Crippen LogP contribution in [0.3, 0.4) is 0 Å². The average Bonchev–Trinajstić information content (AvgIpc) is 2.51. The minimum absolute atomic E-state index is 0.385. The van der Waals surface area contributed by atoms with Gasteiger partial charge in [0.25, 0.3) is 0 Å². The highest BCUT2D eigenvalue weighted by Gasteiger charge is 2.06. The van der Waals surface area contributed by atoms with Crippen LogP contribution in [0.4, 0.5) is 8.78 Å². The number of rotatable bonds is 8. The van der Waals surface area contributed by atoms with Gasteiger partial charge in [-0.15, -0.1) is 0 Å². The van der Waals surface area contributed by atoms with Crippen molar-refractivity contribution in [3.8, 4) is 5.75 Å². The molecule has 24 heavy (non-hydrogen) atoms. The predicted octanol–water partition coefficient (Wildman–Crippen LogP) is 5.00. The van der Waals surface area contributed by atoms with Crippen molar-refractivity contribution in [2.75, 3.05) is 13.2 Å². The van der Waals surface area contributed by atoms with Crippen LogP contribution in [-0.2, 0) is 11.3 Å². The van der Waals surface area contributed by atoms with Gasteiger partial charge in [-0.05, 0) is 48.7 Å². The molecule has 0 aromatic heterocycles. The number of ether oxygens (including phenoxy) is 1. The highest BCUT2D eigenvalue weighted by Crippen LogP contribution is 2.26. The van der Waals surface area contributed by atoms with E-state index in [0.717, 1.165) is 11.6 Å². The van der Waals surface area contributed by atoms with Crippen LogP contribution in [0.2, 0.25) is 5.02 Å². The van der Waals surface area contributed by atoms with Crippen molar-refractivity contribution in [3.05, 3.63) is 64.2 Å². The van der Waals surface area contributed by atoms with E-state index in [4.69, 9.17) is 21.2 Å². The molecule has 0 saturated carbocycles. The van der Waals surface area contributed by atoms with E-state index in [1.165, 1.54) is 12.1 Å². The lowest BCUT2D eigenvalue weighted by Gasteiger charge is -2.09. The average molecular weight is 354 g/mol. The molecule has 128 valence electrons. The zero-order chi connectivity index (χ0) is 17.4. The normalized spacial score (nSPS) is 11.0. The fraction of sp³-hybridized carbons (Fsp3) is 0.278. The molecule has 0 unspecified atom stereocenters. The van der Waals surface area contributed by atoms with Gasteiger partial charge in [0.1, 0.15) is 24.0 Å². The molecule has 3 nitrogen and oxygen atoms in total. The Hall–Kier alpha value is -2.14. The number of nitrogens with zero attached hydrogens (tertiary/aromatic N) is 1. The van der Waals surface area contributed by atoms with Gasteiger partial charge in [-0.1, -0.05) is 22.8 Å². The molecule has 0 aliphatic heterocycles. The summed E-state index contributed by atoms with van der Waals surface area (Å²) >= 11 is 6.19. The van der Waals surface area contributed by atoms with Crippen LogP contribution in [0.25, 0.3) is 0 Å². The highest BCUT2D eigenvalue weighted by atomic mass is 35.5. The summed E-state index contributed by atoms with van der Waals surface area (Å²) < 4.78 is 32.0. The molecule has 0 amide bonds. The van der Waals surface area contributed by atoms with E-state index in [9.17, 15) is 8.78 Å². The topological polar surface area (TPSA) is 30.8 Å². The fourth-order valence-electron chi connectivity index (χ4n) is 2.12. The van der Waals surface area contributed by atoms with Crippen LogP contribution in [-0.4, -0.2) is 19.4 Å². The molecular formula is C18H18ClF2NO2. The summed E-state index contributed by atoms with van der Waals surface area (Å²) in [7, 11) is 0. The Morgan fingerprint density at radius 1 is 1.08 bits per heavy atom. The second-order valence-corrected chi connectivity index (χ2v) is 5.47. The Morgan fingerprint density at radius 2 is 1.83 bits per heavy atom. The number of oxime groups is 1. The standard InChI is InChI=1S/C18H18ClF2NO2/c1-2-24-22-6-3-7-23-18-5-4-13(11-17(18)19)8-14-9-15(20)12-16(21)10-14/h4-6,9-12H,2-3,7-8H2,1H3. The molecule has 0 fully saturated rings. The number of hydrogen-bond donors (Lipinski definition) is 0. The van der Waals surface area contributed by atoms with Crippen LogP contribution >= 0.6 is 11.6 Å². The van der Waals surface area contributed by atoms with Gasteiger partial charge in [-0.25, -0.2) is 8.78 Å². The van der Waals surface area contributed by atoms with E-state index >= 15 is 0 Å². The highest BCUT2D eigenvalue weighted by molar-refractivity contribution is 6.32. The van der Waals surface area contributed by atoms with Gasteiger partial charge in [-0.2, -0.15) is 0 Å². The molecule has 0 saturated heterocycles. The van der Waals surface area contributed by atoms with Gasteiger partial charge in [0.05, 0.1) is 11.6 Å². The van der Waals surface area contributed by atoms with Crippen LogP contribution in [0.1, 0.15) is 24.5 Å². The quantitative estimate of drug-likeness (QED) is 0.380. The first-order chi connectivity index (χ1) is 11.6. The Labute approximate surface area is 144 Å². The largest absolute Gasteiger partial charge is 0.492 e. The Morgan fingerprint density at radius 3 is 2.50 bits per heavy atom. The van der Waals surface area contributed by atoms with Crippen LogP contribution < -0.4 is 4.74 Å². The van der Waals surface area contributed by atoms with Gasteiger partial charge in [0.2, 0.25) is 0 Å². The van der Waals surface area contributed by atoms with Crippen LogP contribution in [0, 0.1) is 11.6 Å². The molecule has 2 aromatic rings. The van der Waals surface area contributed by atoms with E-state index in [1.807, 2.05) is 13.0 Å². The third-order valence-corrected chi connectivity index (χ3v) is 3.40. The Bertz CT molecular complexity index is 687. The smallest absolute Gasteiger partial charge is 0.137 e. The van der Waals surface area contributed by atoms with E-state index in [-0.39, 0.29) is 0 Å². The maximum atomic E-state index is 13.2. The number of halogens is 3. The van der Waals surface area contributed by atoms with Crippen molar-refractivity contribution >= 4 is 17.8 Å². The molecule has 6 heteroatoms. The molecule has 0 bridgehead atoms. The lowest BCUT2D eigenvalue weighted by atomic mass is 10.0. The second kappa shape index (κ2) is 9.23. The number of hydrogen-bond acceptors (Lipinski definition) is 3. The van der Waals surface area contributed by atoms with Crippen molar-refractivity contribution in [1.29, 1.82) is 0 Å². The van der Waals surface area contributed by atoms with E-state index in [1.54, 1.807) is 18.3 Å². The molecule has 0 aliphatic rings. The first kappa shape index (κ1) is 18.2.